The Bertz CT molecular complexity index is 508. The van der Waals surface area contributed by atoms with Crippen LogP contribution in [0, 0.1) is 11.3 Å². The summed E-state index contributed by atoms with van der Waals surface area (Å²) >= 11 is 0. The van der Waals surface area contributed by atoms with E-state index in [9.17, 15) is 9.59 Å². The van der Waals surface area contributed by atoms with Crippen LogP contribution in [-0.2, 0) is 11.2 Å². The molecule has 6 nitrogen and oxygen atoms in total. The van der Waals surface area contributed by atoms with Gasteiger partial charge in [-0.3, -0.25) is 4.79 Å². The van der Waals surface area contributed by atoms with Crippen molar-refractivity contribution in [3.8, 4) is 6.07 Å². The molecule has 0 spiro atoms. The third-order valence-electron chi connectivity index (χ3n) is 2.44. The minimum atomic E-state index is -0.922. The van der Waals surface area contributed by atoms with E-state index in [1.165, 1.54) is 4.90 Å². The lowest BCUT2D eigenvalue weighted by Gasteiger charge is -2.16. The van der Waals surface area contributed by atoms with E-state index in [1.54, 1.807) is 31.3 Å². The average Bonchev–Trinajstić information content (AvgIpc) is 2.35. The second-order valence-electron chi connectivity index (χ2n) is 4.03. The van der Waals surface area contributed by atoms with Crippen molar-refractivity contribution in [1.29, 1.82) is 5.26 Å². The summed E-state index contributed by atoms with van der Waals surface area (Å²) < 4.78 is 0. The number of aliphatic carboxylic acids is 1. The Labute approximate surface area is 111 Å². The lowest BCUT2D eigenvalue weighted by molar-refractivity contribution is -0.136. The van der Waals surface area contributed by atoms with Crippen molar-refractivity contribution in [2.24, 2.45) is 0 Å². The van der Waals surface area contributed by atoms with Crippen LogP contribution in [0.5, 0.6) is 0 Å². The third-order valence-corrected chi connectivity index (χ3v) is 2.44. The number of carboxylic acids is 1. The molecule has 0 aliphatic carbocycles. The Morgan fingerprint density at radius 1 is 1.47 bits per heavy atom. The van der Waals surface area contributed by atoms with Crippen LogP contribution in [0.3, 0.4) is 0 Å². The number of anilines is 1. The molecule has 0 saturated carbocycles. The van der Waals surface area contributed by atoms with Gasteiger partial charge in [0.15, 0.2) is 0 Å². The number of urea groups is 1. The van der Waals surface area contributed by atoms with Crippen LogP contribution >= 0.6 is 0 Å². The Hall–Kier alpha value is -2.55. The molecular formula is C13H15N3O3. The van der Waals surface area contributed by atoms with Gasteiger partial charge in [0.2, 0.25) is 0 Å². The lowest BCUT2D eigenvalue weighted by atomic mass is 10.1. The summed E-state index contributed by atoms with van der Waals surface area (Å²) in [5, 5.41) is 19.8. The molecule has 0 radical (unpaired) electrons. The number of nitrogens with one attached hydrogen (secondary N) is 1. The number of carbonyl (C=O) groups excluding carboxylic acids is 1. The minimum Gasteiger partial charge on any atom is -0.481 e. The molecule has 0 saturated heterocycles. The number of benzene rings is 1. The zero-order chi connectivity index (χ0) is 14.3. The van der Waals surface area contributed by atoms with E-state index in [4.69, 9.17) is 10.4 Å². The normalized spacial score (nSPS) is 9.47. The van der Waals surface area contributed by atoms with E-state index < -0.39 is 5.97 Å². The Morgan fingerprint density at radius 2 is 2.21 bits per heavy atom. The average molecular weight is 261 g/mol. The van der Waals surface area contributed by atoms with Gasteiger partial charge in [-0.2, -0.15) is 5.26 Å². The fraction of sp³-hybridized carbons (Fsp3) is 0.308. The molecule has 0 aliphatic rings. The molecule has 0 aromatic heterocycles. The van der Waals surface area contributed by atoms with Crippen LogP contribution in [0.15, 0.2) is 24.3 Å². The van der Waals surface area contributed by atoms with Gasteiger partial charge in [-0.25, -0.2) is 4.79 Å². The zero-order valence-electron chi connectivity index (χ0n) is 10.6. The highest BCUT2D eigenvalue weighted by atomic mass is 16.4. The molecule has 1 aromatic carbocycles. The number of hydrogen-bond acceptors (Lipinski definition) is 3. The first-order valence-corrected chi connectivity index (χ1v) is 5.72. The van der Waals surface area contributed by atoms with E-state index in [0.29, 0.717) is 17.8 Å². The van der Waals surface area contributed by atoms with Crippen molar-refractivity contribution < 1.29 is 14.7 Å². The number of amides is 2. The van der Waals surface area contributed by atoms with Crippen molar-refractivity contribution in [2.45, 2.75) is 12.8 Å². The maximum atomic E-state index is 11.7. The van der Waals surface area contributed by atoms with Gasteiger partial charge in [-0.05, 0) is 17.7 Å². The summed E-state index contributed by atoms with van der Waals surface area (Å²) in [6.45, 7) is 0.344. The van der Waals surface area contributed by atoms with Crippen LogP contribution in [0.1, 0.15) is 12.0 Å². The summed E-state index contributed by atoms with van der Waals surface area (Å²) in [5.74, 6) is -0.922. The number of rotatable bonds is 5. The highest BCUT2D eigenvalue weighted by molar-refractivity contribution is 5.89. The first-order valence-electron chi connectivity index (χ1n) is 5.72. The first-order chi connectivity index (χ1) is 9.02. The van der Waals surface area contributed by atoms with Gasteiger partial charge in [-0.15, -0.1) is 0 Å². The summed E-state index contributed by atoms with van der Waals surface area (Å²) in [5.41, 5.74) is 1.15. The molecule has 1 aromatic rings. The fourth-order valence-electron chi connectivity index (χ4n) is 1.47. The van der Waals surface area contributed by atoms with Crippen molar-refractivity contribution in [2.75, 3.05) is 18.9 Å². The highest BCUT2D eigenvalue weighted by Crippen LogP contribution is 2.12. The molecule has 0 aliphatic heterocycles. The molecule has 0 atom stereocenters. The number of nitrogens with zero attached hydrogens (tertiary/aromatic N) is 2. The molecule has 0 heterocycles. The van der Waals surface area contributed by atoms with E-state index >= 15 is 0 Å². The fourth-order valence-corrected chi connectivity index (χ4v) is 1.47. The van der Waals surface area contributed by atoms with Gasteiger partial charge >= 0.3 is 12.0 Å². The molecule has 0 bridgehead atoms. The lowest BCUT2D eigenvalue weighted by Crippen LogP contribution is -2.32. The predicted molar refractivity (Wildman–Crippen MR) is 69.7 cm³/mol. The monoisotopic (exact) mass is 261 g/mol. The summed E-state index contributed by atoms with van der Waals surface area (Å²) in [7, 11) is 1.59. The third kappa shape index (κ3) is 5.08. The predicted octanol–water partition coefficient (Wildman–Crippen LogP) is 1.69. The Kier molecular flexibility index (Phi) is 5.35. The van der Waals surface area contributed by atoms with Gasteiger partial charge < -0.3 is 15.3 Å². The van der Waals surface area contributed by atoms with Crippen LogP contribution in [0.4, 0.5) is 10.5 Å². The minimum absolute atomic E-state index is 0.0893. The van der Waals surface area contributed by atoms with E-state index in [1.807, 2.05) is 6.07 Å². The number of carbonyl (C=O) groups is 2. The topological polar surface area (TPSA) is 93.4 Å². The molecule has 0 unspecified atom stereocenters. The van der Waals surface area contributed by atoms with Crippen LogP contribution in [0.2, 0.25) is 0 Å². The Balaban J connectivity index is 2.64. The Morgan fingerprint density at radius 3 is 2.84 bits per heavy atom. The molecular weight excluding hydrogens is 246 g/mol. The van der Waals surface area contributed by atoms with E-state index in [0.717, 1.165) is 0 Å². The van der Waals surface area contributed by atoms with Gasteiger partial charge in [0, 0.05) is 19.3 Å². The van der Waals surface area contributed by atoms with Crippen LogP contribution < -0.4 is 5.32 Å². The highest BCUT2D eigenvalue weighted by Gasteiger charge is 2.09. The van der Waals surface area contributed by atoms with Gasteiger partial charge in [0.25, 0.3) is 0 Å². The maximum absolute atomic E-state index is 11.7. The van der Waals surface area contributed by atoms with Crippen molar-refractivity contribution in [3.63, 3.8) is 0 Å². The van der Waals surface area contributed by atoms with Crippen molar-refractivity contribution in [3.05, 3.63) is 29.8 Å². The van der Waals surface area contributed by atoms with Gasteiger partial charge in [0.1, 0.15) is 0 Å². The van der Waals surface area contributed by atoms with E-state index in [-0.39, 0.29) is 18.9 Å². The number of carboxylic acid groups (broad SMARTS) is 1. The van der Waals surface area contributed by atoms with Gasteiger partial charge in [0.05, 0.1) is 18.9 Å². The molecule has 2 N–H and O–H groups in total. The largest absolute Gasteiger partial charge is 0.481 e. The SMILES string of the molecule is CN(CCC#N)C(=O)Nc1cccc(CC(=O)O)c1. The van der Waals surface area contributed by atoms with Crippen LogP contribution in [0.25, 0.3) is 0 Å². The van der Waals surface area contributed by atoms with Crippen molar-refractivity contribution >= 4 is 17.7 Å². The second-order valence-corrected chi connectivity index (χ2v) is 4.03. The molecule has 100 valence electrons. The zero-order valence-corrected chi connectivity index (χ0v) is 10.6. The number of hydrogen-bond donors (Lipinski definition) is 2. The smallest absolute Gasteiger partial charge is 0.321 e. The molecule has 6 heteroatoms. The standard InChI is InChI=1S/C13H15N3O3/c1-16(7-3-6-14)13(19)15-11-5-2-4-10(8-11)9-12(17)18/h2,4-5,8H,3,7,9H2,1H3,(H,15,19)(H,17,18). The summed E-state index contributed by atoms with van der Waals surface area (Å²) in [4.78, 5) is 23.7. The van der Waals surface area contributed by atoms with Crippen LogP contribution in [-0.4, -0.2) is 35.6 Å². The molecule has 2 amide bonds. The summed E-state index contributed by atoms with van der Waals surface area (Å²) in [6.07, 6.45) is 0.178. The molecule has 0 fully saturated rings. The first kappa shape index (κ1) is 14.5. The molecule has 19 heavy (non-hydrogen) atoms. The van der Waals surface area contributed by atoms with Crippen molar-refractivity contribution in [1.82, 2.24) is 4.90 Å². The number of nitriles is 1. The second kappa shape index (κ2) is 7.01. The summed E-state index contributed by atoms with van der Waals surface area (Å²) in [6, 6.07) is 8.29. The quantitative estimate of drug-likeness (QED) is 0.843. The molecule has 1 rings (SSSR count). The van der Waals surface area contributed by atoms with E-state index in [2.05, 4.69) is 5.32 Å². The maximum Gasteiger partial charge on any atom is 0.321 e. The van der Waals surface area contributed by atoms with Gasteiger partial charge in [-0.1, -0.05) is 12.1 Å².